The summed E-state index contributed by atoms with van der Waals surface area (Å²) in [5, 5.41) is 0. The summed E-state index contributed by atoms with van der Waals surface area (Å²) in [4.78, 5) is 23.2. The maximum Gasteiger partial charge on any atom is 0.374 e. The highest BCUT2D eigenvalue weighted by Crippen LogP contribution is 2.21. The highest BCUT2D eigenvalue weighted by atomic mass is 16.5. The van der Waals surface area contributed by atoms with Crippen LogP contribution in [0.4, 0.5) is 0 Å². The smallest absolute Gasteiger partial charge is 0.374 e. The molecule has 3 heteroatoms. The molecule has 0 heterocycles. The fourth-order valence-electron chi connectivity index (χ4n) is 1.63. The zero-order chi connectivity index (χ0) is 12.7. The van der Waals surface area contributed by atoms with Crippen LogP contribution >= 0.6 is 0 Å². The summed E-state index contributed by atoms with van der Waals surface area (Å²) >= 11 is 0. The molecule has 0 aromatic heterocycles. The van der Waals surface area contributed by atoms with Crippen LogP contribution in [-0.2, 0) is 14.3 Å². The lowest BCUT2D eigenvalue weighted by Gasteiger charge is -2.19. The van der Waals surface area contributed by atoms with Crippen molar-refractivity contribution in [1.82, 2.24) is 0 Å². The molecule has 0 aromatic carbocycles. The first-order chi connectivity index (χ1) is 7.40. The van der Waals surface area contributed by atoms with Crippen molar-refractivity contribution in [2.24, 2.45) is 17.8 Å². The Morgan fingerprint density at radius 2 is 1.62 bits per heavy atom. The van der Waals surface area contributed by atoms with Gasteiger partial charge in [0.2, 0.25) is 5.78 Å². The fraction of sp³-hybridized carbons (Fsp3) is 0.846. The van der Waals surface area contributed by atoms with Crippen LogP contribution in [0.15, 0.2) is 0 Å². The molecule has 0 saturated carbocycles. The Balaban J connectivity index is 4.41. The Morgan fingerprint density at radius 3 is 2.00 bits per heavy atom. The number of hydrogen-bond acceptors (Lipinski definition) is 3. The molecule has 0 aliphatic heterocycles. The molecular weight excluding hydrogens is 204 g/mol. The number of esters is 1. The predicted octanol–water partition coefficient (Wildman–Crippen LogP) is 2.83. The third kappa shape index (κ3) is 5.29. The van der Waals surface area contributed by atoms with E-state index in [4.69, 9.17) is 4.74 Å². The van der Waals surface area contributed by atoms with Crippen LogP contribution in [0.3, 0.4) is 0 Å². The third-order valence-electron chi connectivity index (χ3n) is 2.67. The van der Waals surface area contributed by atoms with E-state index in [-0.39, 0.29) is 24.2 Å². The zero-order valence-electron chi connectivity index (χ0n) is 11.1. The Bertz CT molecular complexity index is 231. The molecule has 0 aromatic rings. The van der Waals surface area contributed by atoms with Crippen LogP contribution in [0, 0.1) is 17.8 Å². The molecule has 0 rings (SSSR count). The lowest BCUT2D eigenvalue weighted by molar-refractivity contribution is -0.156. The Kier molecular flexibility index (Phi) is 7.02. The molecule has 16 heavy (non-hydrogen) atoms. The highest BCUT2D eigenvalue weighted by molar-refractivity contribution is 6.34. The second-order valence-electron chi connectivity index (χ2n) is 4.91. The van der Waals surface area contributed by atoms with Gasteiger partial charge in [-0.25, -0.2) is 4.79 Å². The molecule has 0 saturated heterocycles. The minimum absolute atomic E-state index is 0.190. The third-order valence-corrected chi connectivity index (χ3v) is 2.67. The SMILES string of the molecule is CCOC(=O)C(=O)C(CCC(C)C)C(C)C. The van der Waals surface area contributed by atoms with E-state index in [1.54, 1.807) is 6.92 Å². The molecular formula is C13H24O3. The summed E-state index contributed by atoms with van der Waals surface area (Å²) in [6.07, 6.45) is 1.74. The van der Waals surface area contributed by atoms with Gasteiger partial charge in [-0.3, -0.25) is 4.79 Å². The highest BCUT2D eigenvalue weighted by Gasteiger charge is 2.28. The van der Waals surface area contributed by atoms with Crippen LogP contribution in [-0.4, -0.2) is 18.4 Å². The maximum atomic E-state index is 11.8. The van der Waals surface area contributed by atoms with Crippen molar-refractivity contribution >= 4 is 11.8 Å². The van der Waals surface area contributed by atoms with E-state index in [2.05, 4.69) is 13.8 Å². The lowest BCUT2D eigenvalue weighted by atomic mass is 9.85. The van der Waals surface area contributed by atoms with Gasteiger partial charge in [0.15, 0.2) is 0 Å². The Morgan fingerprint density at radius 1 is 1.06 bits per heavy atom. The van der Waals surface area contributed by atoms with Gasteiger partial charge in [-0.15, -0.1) is 0 Å². The van der Waals surface area contributed by atoms with Crippen LogP contribution in [0.25, 0.3) is 0 Å². The molecule has 1 atom stereocenters. The van der Waals surface area contributed by atoms with E-state index in [1.165, 1.54) is 0 Å². The second kappa shape index (κ2) is 7.42. The van der Waals surface area contributed by atoms with Crippen molar-refractivity contribution in [1.29, 1.82) is 0 Å². The predicted molar refractivity (Wildman–Crippen MR) is 64.0 cm³/mol. The maximum absolute atomic E-state index is 11.8. The molecule has 0 amide bonds. The topological polar surface area (TPSA) is 43.4 Å². The average molecular weight is 228 g/mol. The van der Waals surface area contributed by atoms with Gasteiger partial charge in [0.05, 0.1) is 6.61 Å². The summed E-state index contributed by atoms with van der Waals surface area (Å²) in [5.74, 6) is -0.490. The fourth-order valence-corrected chi connectivity index (χ4v) is 1.63. The van der Waals surface area contributed by atoms with Crippen LogP contribution < -0.4 is 0 Å². The molecule has 0 aliphatic rings. The number of ether oxygens (including phenoxy) is 1. The van der Waals surface area contributed by atoms with Gasteiger partial charge in [-0.05, 0) is 25.2 Å². The van der Waals surface area contributed by atoms with E-state index >= 15 is 0 Å². The van der Waals surface area contributed by atoms with Gasteiger partial charge in [-0.1, -0.05) is 34.1 Å². The summed E-state index contributed by atoms with van der Waals surface area (Å²) in [6.45, 7) is 10.2. The number of Topliss-reactive ketones (excluding diaryl/α,β-unsaturated/α-hetero) is 1. The van der Waals surface area contributed by atoms with Gasteiger partial charge in [0.1, 0.15) is 0 Å². The number of rotatable bonds is 7. The minimum atomic E-state index is -0.676. The van der Waals surface area contributed by atoms with Gasteiger partial charge in [0, 0.05) is 5.92 Å². The second-order valence-corrected chi connectivity index (χ2v) is 4.91. The van der Waals surface area contributed by atoms with Gasteiger partial charge < -0.3 is 4.74 Å². The lowest BCUT2D eigenvalue weighted by Crippen LogP contribution is -2.29. The Labute approximate surface area is 98.6 Å². The minimum Gasteiger partial charge on any atom is -0.460 e. The summed E-state index contributed by atoms with van der Waals surface area (Å²) in [7, 11) is 0. The zero-order valence-corrected chi connectivity index (χ0v) is 11.1. The Hall–Kier alpha value is -0.860. The van der Waals surface area contributed by atoms with E-state index in [0.717, 1.165) is 12.8 Å². The standard InChI is InChI=1S/C13H24O3/c1-6-16-13(15)12(14)11(10(4)5)8-7-9(2)3/h9-11H,6-8H2,1-5H3. The van der Waals surface area contributed by atoms with Crippen molar-refractivity contribution in [2.75, 3.05) is 6.61 Å². The van der Waals surface area contributed by atoms with Crippen LogP contribution in [0.5, 0.6) is 0 Å². The molecule has 3 nitrogen and oxygen atoms in total. The molecule has 1 unspecified atom stereocenters. The van der Waals surface area contributed by atoms with Crippen molar-refractivity contribution < 1.29 is 14.3 Å². The van der Waals surface area contributed by atoms with E-state index in [9.17, 15) is 9.59 Å². The van der Waals surface area contributed by atoms with Gasteiger partial charge in [0.25, 0.3) is 0 Å². The van der Waals surface area contributed by atoms with Gasteiger partial charge in [-0.2, -0.15) is 0 Å². The van der Waals surface area contributed by atoms with Crippen molar-refractivity contribution in [3.05, 3.63) is 0 Å². The number of hydrogen-bond donors (Lipinski definition) is 0. The van der Waals surface area contributed by atoms with Gasteiger partial charge >= 0.3 is 5.97 Å². The first kappa shape index (κ1) is 15.1. The average Bonchev–Trinajstić information content (AvgIpc) is 2.17. The molecule has 0 fully saturated rings. The molecule has 0 bridgehead atoms. The number of ketones is 1. The van der Waals surface area contributed by atoms with Crippen molar-refractivity contribution in [3.63, 3.8) is 0 Å². The van der Waals surface area contributed by atoms with Crippen molar-refractivity contribution in [3.8, 4) is 0 Å². The summed E-state index contributed by atoms with van der Waals surface area (Å²) in [5.41, 5.74) is 0. The molecule has 94 valence electrons. The molecule has 0 spiro atoms. The summed E-state index contributed by atoms with van der Waals surface area (Å²) < 4.78 is 4.75. The largest absolute Gasteiger partial charge is 0.460 e. The first-order valence-corrected chi connectivity index (χ1v) is 6.11. The first-order valence-electron chi connectivity index (χ1n) is 6.11. The van der Waals surface area contributed by atoms with Crippen LogP contribution in [0.1, 0.15) is 47.5 Å². The molecule has 0 radical (unpaired) electrons. The normalized spacial score (nSPS) is 12.9. The molecule has 0 aliphatic carbocycles. The van der Waals surface area contributed by atoms with Crippen molar-refractivity contribution in [2.45, 2.75) is 47.5 Å². The quantitative estimate of drug-likeness (QED) is 0.497. The van der Waals surface area contributed by atoms with Crippen LogP contribution in [0.2, 0.25) is 0 Å². The molecule has 0 N–H and O–H groups in total. The van der Waals surface area contributed by atoms with E-state index < -0.39 is 5.97 Å². The van der Waals surface area contributed by atoms with E-state index in [1.807, 2.05) is 13.8 Å². The van der Waals surface area contributed by atoms with E-state index in [0.29, 0.717) is 5.92 Å². The number of carbonyl (C=O) groups is 2. The number of carbonyl (C=O) groups excluding carboxylic acids is 2. The monoisotopic (exact) mass is 228 g/mol. The summed E-state index contributed by atoms with van der Waals surface area (Å²) in [6, 6.07) is 0.